The van der Waals surface area contributed by atoms with Gasteiger partial charge in [-0.3, -0.25) is 4.79 Å². The molecule has 1 aromatic rings. The van der Waals surface area contributed by atoms with Gasteiger partial charge in [0.25, 0.3) is 0 Å². The number of aromatic nitrogens is 1. The van der Waals surface area contributed by atoms with Crippen molar-refractivity contribution in [1.82, 2.24) is 4.90 Å². The first-order valence-electron chi connectivity index (χ1n) is 9.89. The first-order chi connectivity index (χ1) is 13.1. The van der Waals surface area contributed by atoms with E-state index in [0.29, 0.717) is 18.9 Å². The number of rotatable bonds is 6. The first kappa shape index (κ1) is 19.5. The SMILES string of the molecule is O=C(CCc1ccc[n+]([O-])c1)OC1CCC(COC(=O)N2CCCC2)CC1. The van der Waals surface area contributed by atoms with Crippen LogP contribution in [0.25, 0.3) is 0 Å². The molecule has 1 aromatic heterocycles. The highest BCUT2D eigenvalue weighted by molar-refractivity contribution is 5.70. The highest BCUT2D eigenvalue weighted by atomic mass is 16.6. The Bertz CT molecular complexity index is 637. The minimum absolute atomic E-state index is 0.0525. The zero-order valence-electron chi connectivity index (χ0n) is 15.7. The van der Waals surface area contributed by atoms with Gasteiger partial charge in [-0.15, -0.1) is 0 Å². The molecular weight excluding hydrogens is 348 g/mol. The molecule has 2 fully saturated rings. The molecule has 2 heterocycles. The lowest BCUT2D eigenvalue weighted by Crippen LogP contribution is -2.31. The van der Waals surface area contributed by atoms with Crippen molar-refractivity contribution in [2.24, 2.45) is 5.92 Å². The third-order valence-corrected chi connectivity index (χ3v) is 5.35. The van der Waals surface area contributed by atoms with Gasteiger partial charge < -0.3 is 19.6 Å². The Labute approximate surface area is 159 Å². The summed E-state index contributed by atoms with van der Waals surface area (Å²) >= 11 is 0. The second kappa shape index (κ2) is 9.58. The van der Waals surface area contributed by atoms with Crippen LogP contribution in [0.2, 0.25) is 0 Å². The third-order valence-electron chi connectivity index (χ3n) is 5.35. The molecule has 0 radical (unpaired) electrons. The maximum absolute atomic E-state index is 12.0. The zero-order chi connectivity index (χ0) is 19.1. The minimum atomic E-state index is -0.222. The Morgan fingerprint density at radius 2 is 1.93 bits per heavy atom. The van der Waals surface area contributed by atoms with E-state index in [1.165, 1.54) is 12.4 Å². The average Bonchev–Trinajstić information content (AvgIpc) is 3.21. The van der Waals surface area contributed by atoms with Crippen molar-refractivity contribution >= 4 is 12.1 Å². The molecule has 0 atom stereocenters. The molecule has 0 aromatic carbocycles. The normalized spacial score (nSPS) is 22.4. The molecule has 148 valence electrons. The van der Waals surface area contributed by atoms with Crippen LogP contribution in [-0.2, 0) is 20.7 Å². The molecule has 0 spiro atoms. The van der Waals surface area contributed by atoms with Gasteiger partial charge in [-0.25, -0.2) is 4.79 Å². The van der Waals surface area contributed by atoms with Crippen LogP contribution in [0.3, 0.4) is 0 Å². The van der Waals surface area contributed by atoms with Crippen molar-refractivity contribution in [2.75, 3.05) is 19.7 Å². The quantitative estimate of drug-likeness (QED) is 0.433. The predicted octanol–water partition coefficient (Wildman–Crippen LogP) is 2.59. The summed E-state index contributed by atoms with van der Waals surface area (Å²) in [6.45, 7) is 2.07. The van der Waals surface area contributed by atoms with Crippen LogP contribution < -0.4 is 4.73 Å². The molecule has 1 aliphatic carbocycles. The second-order valence-corrected chi connectivity index (χ2v) is 7.48. The van der Waals surface area contributed by atoms with Crippen molar-refractivity contribution in [1.29, 1.82) is 0 Å². The van der Waals surface area contributed by atoms with E-state index in [1.54, 1.807) is 11.0 Å². The number of carbonyl (C=O) groups excluding carboxylic acids is 2. The summed E-state index contributed by atoms with van der Waals surface area (Å²) in [4.78, 5) is 25.7. The van der Waals surface area contributed by atoms with E-state index in [4.69, 9.17) is 9.47 Å². The molecule has 2 aliphatic rings. The van der Waals surface area contributed by atoms with Crippen molar-refractivity contribution in [2.45, 2.75) is 57.5 Å². The van der Waals surface area contributed by atoms with Gasteiger partial charge in [0.2, 0.25) is 0 Å². The second-order valence-electron chi connectivity index (χ2n) is 7.48. The molecular formula is C20H28N2O5. The maximum atomic E-state index is 12.0. The Balaban J connectivity index is 1.30. The lowest BCUT2D eigenvalue weighted by Gasteiger charge is -2.28. The topological polar surface area (TPSA) is 82.8 Å². The van der Waals surface area contributed by atoms with E-state index in [0.717, 1.165) is 61.9 Å². The predicted molar refractivity (Wildman–Crippen MR) is 97.7 cm³/mol. The molecule has 0 N–H and O–H groups in total. The van der Waals surface area contributed by atoms with Crippen molar-refractivity contribution < 1.29 is 23.8 Å². The number of hydrogen-bond donors (Lipinski definition) is 0. The van der Waals surface area contributed by atoms with Gasteiger partial charge in [-0.05, 0) is 56.9 Å². The number of nitrogens with zero attached hydrogens (tertiary/aromatic N) is 2. The van der Waals surface area contributed by atoms with Gasteiger partial charge in [0, 0.05) is 31.1 Å². The van der Waals surface area contributed by atoms with E-state index in [9.17, 15) is 14.8 Å². The zero-order valence-corrected chi connectivity index (χ0v) is 15.7. The molecule has 1 saturated carbocycles. The number of likely N-dealkylation sites (tertiary alicyclic amines) is 1. The van der Waals surface area contributed by atoms with E-state index in [2.05, 4.69) is 0 Å². The standard InChI is InChI=1S/C20H28N2O5/c23-19(10-7-16-4-3-13-22(25)14-16)27-18-8-5-17(6-9-18)15-26-20(24)21-11-1-2-12-21/h3-4,13-14,17-18H,1-2,5-12,15H2. The van der Waals surface area contributed by atoms with Crippen molar-refractivity contribution in [3.05, 3.63) is 35.3 Å². The van der Waals surface area contributed by atoms with Crippen molar-refractivity contribution in [3.63, 3.8) is 0 Å². The van der Waals surface area contributed by atoms with Gasteiger partial charge in [-0.1, -0.05) is 0 Å². The number of aryl methyl sites for hydroxylation is 1. The Kier molecular flexibility index (Phi) is 6.90. The fourth-order valence-electron chi connectivity index (χ4n) is 3.74. The fraction of sp³-hybridized carbons (Fsp3) is 0.650. The first-order valence-corrected chi connectivity index (χ1v) is 9.89. The van der Waals surface area contributed by atoms with Gasteiger partial charge in [0.15, 0.2) is 12.4 Å². The summed E-state index contributed by atoms with van der Waals surface area (Å²) in [5, 5.41) is 11.2. The number of pyridine rings is 1. The Hall–Kier alpha value is -2.31. The highest BCUT2D eigenvalue weighted by Crippen LogP contribution is 2.27. The van der Waals surface area contributed by atoms with Crippen molar-refractivity contribution in [3.8, 4) is 0 Å². The Morgan fingerprint density at radius 3 is 2.63 bits per heavy atom. The molecule has 0 bridgehead atoms. The summed E-state index contributed by atoms with van der Waals surface area (Å²) in [6, 6.07) is 3.50. The van der Waals surface area contributed by atoms with Crippen LogP contribution >= 0.6 is 0 Å². The van der Waals surface area contributed by atoms with Gasteiger partial charge in [0.05, 0.1) is 6.61 Å². The minimum Gasteiger partial charge on any atom is -0.619 e. The van der Waals surface area contributed by atoms with Gasteiger partial charge in [0.1, 0.15) is 6.10 Å². The van der Waals surface area contributed by atoms with E-state index in [-0.39, 0.29) is 24.6 Å². The van der Waals surface area contributed by atoms with Crippen LogP contribution in [-0.4, -0.2) is 42.8 Å². The van der Waals surface area contributed by atoms with E-state index >= 15 is 0 Å². The molecule has 0 unspecified atom stereocenters. The monoisotopic (exact) mass is 376 g/mol. The Morgan fingerprint density at radius 1 is 1.19 bits per heavy atom. The molecule has 27 heavy (non-hydrogen) atoms. The van der Waals surface area contributed by atoms with Crippen LogP contribution in [0.1, 0.15) is 50.5 Å². The third kappa shape index (κ3) is 6.12. The van der Waals surface area contributed by atoms with Gasteiger partial charge in [-0.2, -0.15) is 4.73 Å². The number of amides is 1. The molecule has 7 nitrogen and oxygen atoms in total. The lowest BCUT2D eigenvalue weighted by molar-refractivity contribution is -0.605. The smallest absolute Gasteiger partial charge is 0.409 e. The number of esters is 1. The number of ether oxygens (including phenoxy) is 2. The summed E-state index contributed by atoms with van der Waals surface area (Å²) in [6.07, 6.45) is 8.98. The van der Waals surface area contributed by atoms with Crippen LogP contribution in [0.4, 0.5) is 4.79 Å². The number of hydrogen-bond acceptors (Lipinski definition) is 5. The highest BCUT2D eigenvalue weighted by Gasteiger charge is 2.26. The van der Waals surface area contributed by atoms with Crippen LogP contribution in [0.15, 0.2) is 24.5 Å². The van der Waals surface area contributed by atoms with E-state index < -0.39 is 0 Å². The summed E-state index contributed by atoms with van der Waals surface area (Å²) in [7, 11) is 0. The van der Waals surface area contributed by atoms with Crippen LogP contribution in [0.5, 0.6) is 0 Å². The van der Waals surface area contributed by atoms with E-state index in [1.807, 2.05) is 6.07 Å². The molecule has 3 rings (SSSR count). The summed E-state index contributed by atoms with van der Waals surface area (Å²) < 4.78 is 11.7. The molecule has 7 heteroatoms. The maximum Gasteiger partial charge on any atom is 0.409 e. The summed E-state index contributed by atoms with van der Waals surface area (Å²) in [5.74, 6) is 0.128. The average molecular weight is 376 g/mol. The molecule has 1 aliphatic heterocycles. The summed E-state index contributed by atoms with van der Waals surface area (Å²) in [5.41, 5.74) is 0.827. The van der Waals surface area contributed by atoms with Gasteiger partial charge >= 0.3 is 12.1 Å². The largest absolute Gasteiger partial charge is 0.619 e. The molecule has 1 saturated heterocycles. The number of carbonyl (C=O) groups is 2. The fourth-order valence-corrected chi connectivity index (χ4v) is 3.74. The van der Waals surface area contributed by atoms with Crippen LogP contribution in [0, 0.1) is 11.1 Å². The lowest BCUT2D eigenvalue weighted by atomic mass is 9.88. The molecule has 1 amide bonds.